The number of aryl methyl sites for hydroxylation is 2. The fourth-order valence-corrected chi connectivity index (χ4v) is 7.12. The number of fused-ring (bicyclic) bond motifs is 1. The largest absolute Gasteiger partial charge is 0.266 e. The summed E-state index contributed by atoms with van der Waals surface area (Å²) in [6.45, 7) is 4.99. The maximum absolute atomic E-state index is 4.79. The highest BCUT2D eigenvalue weighted by Gasteiger charge is 2.42. The van der Waals surface area contributed by atoms with Crippen LogP contribution in [0.15, 0.2) is 146 Å². The lowest BCUT2D eigenvalue weighted by Gasteiger charge is -2.36. The molecule has 3 heterocycles. The highest BCUT2D eigenvalue weighted by molar-refractivity contribution is 5.81. The fraction of sp³-hybridized carbons (Fsp3) is 0.167. The van der Waals surface area contributed by atoms with Crippen LogP contribution in [0.5, 0.6) is 0 Å². The number of nitrogens with zero attached hydrogens (tertiary/aromatic N) is 8. The van der Waals surface area contributed by atoms with Crippen LogP contribution in [0, 0.1) is 0 Å². The summed E-state index contributed by atoms with van der Waals surface area (Å²) < 4.78 is 6.12. The topological polar surface area (TPSA) is 78.7 Å². The zero-order chi connectivity index (χ0) is 33.9. The van der Waals surface area contributed by atoms with E-state index in [1.54, 1.807) is 0 Å². The molecule has 50 heavy (non-hydrogen) atoms. The van der Waals surface area contributed by atoms with Gasteiger partial charge in [0, 0.05) is 23.7 Å². The molecule has 0 spiro atoms. The van der Waals surface area contributed by atoms with Crippen molar-refractivity contribution < 1.29 is 0 Å². The number of benzene rings is 5. The summed E-state index contributed by atoms with van der Waals surface area (Å²) in [4.78, 5) is 4.79. The molecule has 0 radical (unpaired) electrons. The number of aromatic nitrogens is 8. The van der Waals surface area contributed by atoms with Gasteiger partial charge in [0.15, 0.2) is 17.3 Å². The van der Waals surface area contributed by atoms with Gasteiger partial charge in [-0.1, -0.05) is 160 Å². The van der Waals surface area contributed by atoms with Gasteiger partial charge in [-0.2, -0.15) is 4.63 Å². The lowest BCUT2D eigenvalue weighted by molar-refractivity contribution is 0.451. The minimum atomic E-state index is -0.836. The Morgan fingerprint density at radius 3 is 1.80 bits per heavy atom. The molecule has 8 nitrogen and oxygen atoms in total. The maximum Gasteiger partial charge on any atom is 0.184 e. The Bertz CT molecular complexity index is 2240. The summed E-state index contributed by atoms with van der Waals surface area (Å²) in [7, 11) is 0. The second kappa shape index (κ2) is 13.4. The van der Waals surface area contributed by atoms with Gasteiger partial charge in [0.1, 0.15) is 5.54 Å². The normalized spacial score (nSPS) is 11.7. The van der Waals surface area contributed by atoms with Crippen molar-refractivity contribution in [1.82, 2.24) is 39.6 Å². The Balaban J connectivity index is 1.22. The molecular formula is C42H38N8. The average molecular weight is 655 g/mol. The fourth-order valence-electron chi connectivity index (χ4n) is 7.12. The lowest BCUT2D eigenvalue weighted by atomic mass is 9.77. The molecule has 8 rings (SSSR count). The van der Waals surface area contributed by atoms with Crippen LogP contribution < -0.4 is 0 Å². The van der Waals surface area contributed by atoms with E-state index in [9.17, 15) is 0 Å². The van der Waals surface area contributed by atoms with Crippen LogP contribution in [0.2, 0.25) is 0 Å². The summed E-state index contributed by atoms with van der Waals surface area (Å²) in [5.74, 6) is 1.55. The molecule has 0 aliphatic heterocycles. The number of hydrogen-bond donors (Lipinski definition) is 0. The average Bonchev–Trinajstić information content (AvgIpc) is 3.91. The zero-order valence-electron chi connectivity index (χ0n) is 28.3. The summed E-state index contributed by atoms with van der Waals surface area (Å²) in [5.41, 5.74) is 8.82. The van der Waals surface area contributed by atoms with E-state index in [2.05, 4.69) is 151 Å². The van der Waals surface area contributed by atoms with Crippen LogP contribution in [0.3, 0.4) is 0 Å². The van der Waals surface area contributed by atoms with E-state index in [1.165, 1.54) is 11.1 Å². The van der Waals surface area contributed by atoms with Gasteiger partial charge in [-0.25, -0.2) is 9.67 Å². The molecule has 5 aromatic carbocycles. The molecule has 0 fully saturated rings. The van der Waals surface area contributed by atoms with Gasteiger partial charge >= 0.3 is 0 Å². The monoisotopic (exact) mass is 654 g/mol. The third kappa shape index (κ3) is 5.39. The van der Waals surface area contributed by atoms with Crippen molar-refractivity contribution in [3.8, 4) is 22.5 Å². The van der Waals surface area contributed by atoms with Crippen molar-refractivity contribution in [3.63, 3.8) is 0 Å². The molecular weight excluding hydrogens is 617 g/mol. The van der Waals surface area contributed by atoms with Gasteiger partial charge in [0.25, 0.3) is 0 Å². The van der Waals surface area contributed by atoms with Gasteiger partial charge in [-0.15, -0.1) is 10.2 Å². The molecule has 0 amide bonds. The predicted octanol–water partition coefficient (Wildman–Crippen LogP) is 8.25. The molecule has 0 aliphatic carbocycles. The van der Waals surface area contributed by atoms with Crippen molar-refractivity contribution in [1.29, 1.82) is 0 Å². The van der Waals surface area contributed by atoms with Crippen LogP contribution in [0.25, 0.3) is 28.2 Å². The van der Waals surface area contributed by atoms with Crippen molar-refractivity contribution in [3.05, 3.63) is 179 Å². The van der Waals surface area contributed by atoms with E-state index < -0.39 is 5.54 Å². The van der Waals surface area contributed by atoms with Crippen LogP contribution >= 0.6 is 0 Å². The van der Waals surface area contributed by atoms with Gasteiger partial charge in [0.2, 0.25) is 0 Å². The Labute approximate surface area is 291 Å². The highest BCUT2D eigenvalue weighted by atomic mass is 15.6. The van der Waals surface area contributed by atoms with E-state index >= 15 is 0 Å². The third-order valence-electron chi connectivity index (χ3n) is 9.44. The van der Waals surface area contributed by atoms with E-state index in [-0.39, 0.29) is 0 Å². The van der Waals surface area contributed by atoms with Gasteiger partial charge in [-0.3, -0.25) is 4.68 Å². The third-order valence-corrected chi connectivity index (χ3v) is 9.44. The highest BCUT2D eigenvalue weighted by Crippen LogP contribution is 2.43. The SMILES string of the molecule is CCCc1cn(Cc2ccc(-c3ccccc3-c3nnnn3C(c3ccccc3)(c3ccccc3)c3ccccc3)cc2)n2nc(CC)nc12. The molecule has 0 saturated carbocycles. The first-order chi connectivity index (χ1) is 24.7. The molecule has 0 bridgehead atoms. The summed E-state index contributed by atoms with van der Waals surface area (Å²) >= 11 is 0. The van der Waals surface area contributed by atoms with E-state index in [0.717, 1.165) is 64.1 Å². The first-order valence-corrected chi connectivity index (χ1v) is 17.3. The zero-order valence-corrected chi connectivity index (χ0v) is 28.3. The minimum Gasteiger partial charge on any atom is -0.266 e. The van der Waals surface area contributed by atoms with E-state index in [1.807, 2.05) is 27.5 Å². The molecule has 8 aromatic rings. The summed E-state index contributed by atoms with van der Waals surface area (Å²) in [6, 6.07) is 48.6. The van der Waals surface area contributed by atoms with Crippen LogP contribution in [-0.2, 0) is 24.9 Å². The lowest BCUT2D eigenvalue weighted by Crippen LogP contribution is -2.39. The maximum atomic E-state index is 4.79. The van der Waals surface area contributed by atoms with Crippen LogP contribution in [0.4, 0.5) is 0 Å². The van der Waals surface area contributed by atoms with Crippen molar-refractivity contribution in [2.24, 2.45) is 0 Å². The molecule has 0 atom stereocenters. The predicted molar refractivity (Wildman–Crippen MR) is 197 cm³/mol. The summed E-state index contributed by atoms with van der Waals surface area (Å²) in [5, 5.41) is 18.6. The second-order valence-electron chi connectivity index (χ2n) is 12.6. The molecule has 0 N–H and O–H groups in total. The Morgan fingerprint density at radius 1 is 0.640 bits per heavy atom. The number of hydrogen-bond acceptors (Lipinski definition) is 5. The molecule has 0 saturated heterocycles. The smallest absolute Gasteiger partial charge is 0.184 e. The van der Waals surface area contributed by atoms with Gasteiger partial charge in [-0.05, 0) is 50.2 Å². The molecule has 0 aliphatic rings. The van der Waals surface area contributed by atoms with Crippen LogP contribution in [0.1, 0.15) is 53.9 Å². The molecule has 0 unspecified atom stereocenters. The van der Waals surface area contributed by atoms with E-state index in [0.29, 0.717) is 12.4 Å². The Morgan fingerprint density at radius 2 is 1.22 bits per heavy atom. The molecule has 3 aromatic heterocycles. The minimum absolute atomic E-state index is 0.678. The molecule has 246 valence electrons. The van der Waals surface area contributed by atoms with Crippen molar-refractivity contribution >= 4 is 5.65 Å². The van der Waals surface area contributed by atoms with Crippen LogP contribution in [-0.4, -0.2) is 39.6 Å². The molecule has 8 heteroatoms. The van der Waals surface area contributed by atoms with Crippen molar-refractivity contribution in [2.75, 3.05) is 0 Å². The first-order valence-electron chi connectivity index (χ1n) is 17.3. The standard InChI is InChI=1S/C42H38N8/c1-3-16-33-30-48(50-40(33)43-39(4-2)45-50)29-31-25-27-32(28-26-31)37-23-14-15-24-38(37)41-44-46-47-49(41)42(34-17-8-5-9-18-34,35-19-10-6-11-20-35)36-21-12-7-13-22-36/h5-15,17-28,30H,3-4,16,29H2,1-2H3. The van der Waals surface area contributed by atoms with Gasteiger partial charge < -0.3 is 0 Å². The van der Waals surface area contributed by atoms with Gasteiger partial charge in [0.05, 0.1) is 6.54 Å². The number of rotatable bonds is 11. The van der Waals surface area contributed by atoms with Crippen molar-refractivity contribution in [2.45, 2.75) is 45.2 Å². The first kappa shape index (κ1) is 31.1. The Kier molecular flexibility index (Phi) is 8.34. The second-order valence-corrected chi connectivity index (χ2v) is 12.6. The van der Waals surface area contributed by atoms with E-state index in [4.69, 9.17) is 20.4 Å². The quantitative estimate of drug-likeness (QED) is 0.131. The number of tetrazole rings is 1. The Hall–Kier alpha value is -6.15. The summed E-state index contributed by atoms with van der Waals surface area (Å²) in [6.07, 6.45) is 5.05.